The number of rotatable bonds is 6. The average molecular weight is 445 g/mol. The van der Waals surface area contributed by atoms with Crippen molar-refractivity contribution in [2.75, 3.05) is 51.9 Å². The zero-order chi connectivity index (χ0) is 20.9. The minimum absolute atomic E-state index is 0.131. The largest absolute Gasteiger partial charge is 0.497 e. The van der Waals surface area contributed by atoms with Gasteiger partial charge in [0.15, 0.2) is 0 Å². The summed E-state index contributed by atoms with van der Waals surface area (Å²) in [6.45, 7) is 3.95. The van der Waals surface area contributed by atoms with E-state index in [9.17, 15) is 4.79 Å². The van der Waals surface area contributed by atoms with E-state index in [1.807, 2.05) is 58.8 Å². The summed E-state index contributed by atoms with van der Waals surface area (Å²) in [7, 11) is 3.37. The Morgan fingerprint density at radius 3 is 2.30 bits per heavy atom. The van der Waals surface area contributed by atoms with E-state index in [0.717, 1.165) is 55.3 Å². The molecule has 2 fully saturated rings. The van der Waals surface area contributed by atoms with Crippen LogP contribution in [0.3, 0.4) is 0 Å². The minimum atomic E-state index is 0.131. The Morgan fingerprint density at radius 2 is 1.67 bits per heavy atom. The lowest BCUT2D eigenvalue weighted by molar-refractivity contribution is 0.0627. The van der Waals surface area contributed by atoms with Gasteiger partial charge in [0, 0.05) is 55.4 Å². The number of hydrogen-bond acceptors (Lipinski definition) is 6. The van der Waals surface area contributed by atoms with E-state index in [-0.39, 0.29) is 5.91 Å². The van der Waals surface area contributed by atoms with Gasteiger partial charge in [-0.1, -0.05) is 12.1 Å². The highest BCUT2D eigenvalue weighted by Gasteiger charge is 2.24. The van der Waals surface area contributed by atoms with E-state index < -0.39 is 0 Å². The smallest absolute Gasteiger partial charge is 0.253 e. The molecular formula is C23H28N2O3S2. The first-order valence-electron chi connectivity index (χ1n) is 10.2. The van der Waals surface area contributed by atoms with Crippen LogP contribution in [0, 0.1) is 0 Å². The maximum Gasteiger partial charge on any atom is 0.253 e. The predicted octanol–water partition coefficient (Wildman–Crippen LogP) is 4.14. The van der Waals surface area contributed by atoms with Crippen molar-refractivity contribution in [3.63, 3.8) is 0 Å². The third-order valence-electron chi connectivity index (χ3n) is 5.59. The van der Waals surface area contributed by atoms with Crippen molar-refractivity contribution < 1.29 is 14.3 Å². The van der Waals surface area contributed by atoms with Crippen molar-refractivity contribution in [1.29, 1.82) is 0 Å². The van der Waals surface area contributed by atoms with Gasteiger partial charge in [0.2, 0.25) is 0 Å². The van der Waals surface area contributed by atoms with E-state index in [0.29, 0.717) is 4.58 Å². The zero-order valence-corrected chi connectivity index (χ0v) is 19.1. The summed E-state index contributed by atoms with van der Waals surface area (Å²) in [5, 5.41) is 0. The van der Waals surface area contributed by atoms with Crippen LogP contribution in [0.1, 0.15) is 26.1 Å². The molecule has 0 unspecified atom stereocenters. The summed E-state index contributed by atoms with van der Waals surface area (Å²) in [6.07, 6.45) is 0. The van der Waals surface area contributed by atoms with Gasteiger partial charge in [-0.15, -0.1) is 23.5 Å². The molecule has 2 aliphatic rings. The second kappa shape index (κ2) is 9.98. The van der Waals surface area contributed by atoms with E-state index in [1.54, 1.807) is 14.2 Å². The summed E-state index contributed by atoms with van der Waals surface area (Å²) in [5.41, 5.74) is 3.21. The molecule has 30 heavy (non-hydrogen) atoms. The highest BCUT2D eigenvalue weighted by atomic mass is 32.2. The Kier molecular flexibility index (Phi) is 7.12. The number of thioether (sulfide) groups is 2. The van der Waals surface area contributed by atoms with Gasteiger partial charge in [-0.3, -0.25) is 9.69 Å². The van der Waals surface area contributed by atoms with Gasteiger partial charge in [-0.05, 0) is 35.9 Å². The Hall–Kier alpha value is -1.83. The van der Waals surface area contributed by atoms with Crippen molar-refractivity contribution in [1.82, 2.24) is 9.80 Å². The average Bonchev–Trinajstić information content (AvgIpc) is 3.34. The summed E-state index contributed by atoms with van der Waals surface area (Å²) in [5.74, 6) is 4.25. The van der Waals surface area contributed by atoms with E-state index in [1.165, 1.54) is 17.1 Å². The highest BCUT2D eigenvalue weighted by Crippen LogP contribution is 2.45. The molecule has 2 aromatic rings. The Labute approximate surface area is 187 Å². The molecule has 0 spiro atoms. The third kappa shape index (κ3) is 4.90. The molecule has 2 aromatic carbocycles. The normalized spacial score (nSPS) is 17.9. The molecule has 4 rings (SSSR count). The third-order valence-corrected chi connectivity index (χ3v) is 8.70. The standard InChI is InChI=1S/C23H28N2O3S2/c1-27-20-7-8-21(28-2)19(15-20)16-24-9-11-25(12-10-24)22(26)17-3-5-18(6-4-17)23-29-13-14-30-23/h3-8,15,23H,9-14,16H2,1-2H3. The number of carbonyl (C=O) groups is 1. The van der Waals surface area contributed by atoms with E-state index >= 15 is 0 Å². The van der Waals surface area contributed by atoms with Gasteiger partial charge in [0.25, 0.3) is 5.91 Å². The van der Waals surface area contributed by atoms with Gasteiger partial charge in [-0.2, -0.15) is 0 Å². The maximum atomic E-state index is 12.9. The minimum Gasteiger partial charge on any atom is -0.497 e. The lowest BCUT2D eigenvalue weighted by Gasteiger charge is -2.35. The number of benzene rings is 2. The Balaban J connectivity index is 1.33. The number of hydrogen-bond donors (Lipinski definition) is 0. The topological polar surface area (TPSA) is 42.0 Å². The molecule has 0 saturated carbocycles. The fourth-order valence-electron chi connectivity index (χ4n) is 3.87. The van der Waals surface area contributed by atoms with Crippen molar-refractivity contribution >= 4 is 29.4 Å². The second-order valence-corrected chi connectivity index (χ2v) is 10.2. The molecular weight excluding hydrogens is 416 g/mol. The molecule has 0 radical (unpaired) electrons. The first kappa shape index (κ1) is 21.4. The van der Waals surface area contributed by atoms with Gasteiger partial charge < -0.3 is 14.4 Å². The van der Waals surface area contributed by atoms with E-state index in [4.69, 9.17) is 9.47 Å². The molecule has 2 saturated heterocycles. The predicted molar refractivity (Wildman–Crippen MR) is 125 cm³/mol. The molecule has 0 atom stereocenters. The monoisotopic (exact) mass is 444 g/mol. The number of nitrogens with zero attached hydrogens (tertiary/aromatic N) is 2. The van der Waals surface area contributed by atoms with Crippen molar-refractivity contribution in [2.24, 2.45) is 0 Å². The lowest BCUT2D eigenvalue weighted by Crippen LogP contribution is -2.48. The van der Waals surface area contributed by atoms with Crippen molar-refractivity contribution in [3.8, 4) is 11.5 Å². The van der Waals surface area contributed by atoms with Crippen LogP contribution in [0.5, 0.6) is 11.5 Å². The molecule has 2 aliphatic heterocycles. The van der Waals surface area contributed by atoms with Crippen LogP contribution < -0.4 is 9.47 Å². The molecule has 0 aromatic heterocycles. The Bertz CT molecular complexity index is 861. The fourth-order valence-corrected chi connectivity index (χ4v) is 6.73. The van der Waals surface area contributed by atoms with Crippen molar-refractivity contribution in [2.45, 2.75) is 11.1 Å². The molecule has 0 bridgehead atoms. The molecule has 160 valence electrons. The van der Waals surface area contributed by atoms with Crippen LogP contribution >= 0.6 is 23.5 Å². The summed E-state index contributed by atoms with van der Waals surface area (Å²) in [6, 6.07) is 14.1. The SMILES string of the molecule is COc1ccc(OC)c(CN2CCN(C(=O)c3ccc(C4SCCS4)cc3)CC2)c1. The number of ether oxygens (including phenoxy) is 2. The number of amides is 1. The van der Waals surface area contributed by atoms with E-state index in [2.05, 4.69) is 17.0 Å². The number of methoxy groups -OCH3 is 2. The van der Waals surface area contributed by atoms with Crippen LogP contribution in [-0.2, 0) is 6.54 Å². The molecule has 0 aliphatic carbocycles. The van der Waals surface area contributed by atoms with Crippen LogP contribution in [0.25, 0.3) is 0 Å². The lowest BCUT2D eigenvalue weighted by atomic mass is 10.1. The van der Waals surface area contributed by atoms with Crippen LogP contribution in [0.2, 0.25) is 0 Å². The van der Waals surface area contributed by atoms with Gasteiger partial charge in [0.1, 0.15) is 11.5 Å². The maximum absolute atomic E-state index is 12.9. The summed E-state index contributed by atoms with van der Waals surface area (Å²) < 4.78 is 11.4. The number of piperazine rings is 1. The molecule has 1 amide bonds. The van der Waals surface area contributed by atoms with Crippen molar-refractivity contribution in [3.05, 3.63) is 59.2 Å². The Morgan fingerprint density at radius 1 is 0.967 bits per heavy atom. The van der Waals surface area contributed by atoms with Gasteiger partial charge >= 0.3 is 0 Å². The number of carbonyl (C=O) groups excluding carboxylic acids is 1. The van der Waals surface area contributed by atoms with Gasteiger partial charge in [0.05, 0.1) is 18.8 Å². The molecule has 0 N–H and O–H groups in total. The zero-order valence-electron chi connectivity index (χ0n) is 17.5. The second-order valence-electron chi connectivity index (χ2n) is 7.44. The summed E-state index contributed by atoms with van der Waals surface area (Å²) >= 11 is 3.98. The molecule has 5 nitrogen and oxygen atoms in total. The quantitative estimate of drug-likeness (QED) is 0.667. The first-order chi connectivity index (χ1) is 14.7. The molecule has 2 heterocycles. The van der Waals surface area contributed by atoms with Gasteiger partial charge in [-0.25, -0.2) is 0 Å². The van der Waals surface area contributed by atoms with Crippen LogP contribution in [0.4, 0.5) is 0 Å². The summed E-state index contributed by atoms with van der Waals surface area (Å²) in [4.78, 5) is 17.3. The fraction of sp³-hybridized carbons (Fsp3) is 0.435. The first-order valence-corrected chi connectivity index (χ1v) is 12.3. The van der Waals surface area contributed by atoms with Crippen LogP contribution in [-0.4, -0.2) is 67.6 Å². The van der Waals surface area contributed by atoms with Crippen LogP contribution in [0.15, 0.2) is 42.5 Å². The highest BCUT2D eigenvalue weighted by molar-refractivity contribution is 8.19. The molecule has 7 heteroatoms.